The van der Waals surface area contributed by atoms with Crippen LogP contribution in [-0.2, 0) is 0 Å². The molecule has 1 saturated heterocycles. The van der Waals surface area contributed by atoms with Crippen molar-refractivity contribution < 1.29 is 4.79 Å². The minimum atomic E-state index is -0.161. The van der Waals surface area contributed by atoms with E-state index >= 15 is 0 Å². The Morgan fingerprint density at radius 1 is 1.22 bits per heavy atom. The molecule has 0 aliphatic carbocycles. The highest BCUT2D eigenvalue weighted by atomic mass is 35.5. The van der Waals surface area contributed by atoms with Gasteiger partial charge in [-0.25, -0.2) is 4.79 Å². The first-order valence-corrected chi connectivity index (χ1v) is 9.06. The summed E-state index contributed by atoms with van der Waals surface area (Å²) in [4.78, 5) is 14.4. The van der Waals surface area contributed by atoms with Crippen molar-refractivity contribution in [3.8, 4) is 0 Å². The van der Waals surface area contributed by atoms with Gasteiger partial charge in [-0.15, -0.1) is 11.8 Å². The number of urea groups is 1. The summed E-state index contributed by atoms with van der Waals surface area (Å²) in [6, 6.07) is 13.1. The zero-order chi connectivity index (χ0) is 16.4. The number of anilines is 1. The molecular formula is C17H16Cl2N2OS. The molecule has 0 radical (unpaired) electrons. The summed E-state index contributed by atoms with van der Waals surface area (Å²) in [6.45, 7) is 2.64. The standard InChI is InChI=1S/C17H16Cl2N2OS/c1-11-6-7-15(14(19)10-11)20-17(22)21-8-9-23-16(21)12-4-2-3-5-13(12)18/h2-7,10,16H,8-9H2,1H3,(H,20,22). The molecule has 6 heteroatoms. The SMILES string of the molecule is Cc1ccc(NC(=O)N2CCSC2c2ccccc2Cl)c(Cl)c1. The molecule has 1 atom stereocenters. The molecule has 0 saturated carbocycles. The average Bonchev–Trinajstić information content (AvgIpc) is 3.00. The van der Waals surface area contributed by atoms with Crippen LogP contribution in [0.15, 0.2) is 42.5 Å². The van der Waals surface area contributed by atoms with Crippen molar-refractivity contribution in [3.63, 3.8) is 0 Å². The predicted molar refractivity (Wildman–Crippen MR) is 98.6 cm³/mol. The number of aryl methyl sites for hydroxylation is 1. The van der Waals surface area contributed by atoms with Crippen molar-refractivity contribution >= 4 is 46.7 Å². The highest BCUT2D eigenvalue weighted by Gasteiger charge is 2.32. The topological polar surface area (TPSA) is 32.3 Å². The Morgan fingerprint density at radius 3 is 2.74 bits per heavy atom. The molecule has 1 fully saturated rings. The number of hydrogen-bond acceptors (Lipinski definition) is 2. The maximum Gasteiger partial charge on any atom is 0.323 e. The van der Waals surface area contributed by atoms with Gasteiger partial charge in [0.25, 0.3) is 0 Å². The summed E-state index contributed by atoms with van der Waals surface area (Å²) < 4.78 is 0. The molecule has 1 N–H and O–H groups in total. The molecule has 1 unspecified atom stereocenters. The fourth-order valence-electron chi connectivity index (χ4n) is 2.52. The second kappa shape index (κ2) is 7.04. The smallest absolute Gasteiger partial charge is 0.308 e. The first-order valence-electron chi connectivity index (χ1n) is 7.26. The number of carbonyl (C=O) groups is 1. The van der Waals surface area contributed by atoms with Crippen molar-refractivity contribution in [3.05, 3.63) is 63.6 Å². The summed E-state index contributed by atoms with van der Waals surface area (Å²) in [7, 11) is 0. The number of thioether (sulfide) groups is 1. The number of halogens is 2. The zero-order valence-corrected chi connectivity index (χ0v) is 14.9. The normalized spacial score (nSPS) is 17.3. The quantitative estimate of drug-likeness (QED) is 0.751. The highest BCUT2D eigenvalue weighted by Crippen LogP contribution is 2.41. The molecule has 3 nitrogen and oxygen atoms in total. The Labute approximate surface area is 150 Å². The van der Waals surface area contributed by atoms with Crippen LogP contribution in [0.1, 0.15) is 16.5 Å². The third kappa shape index (κ3) is 3.60. The lowest BCUT2D eigenvalue weighted by Crippen LogP contribution is -2.34. The monoisotopic (exact) mass is 366 g/mol. The molecular weight excluding hydrogens is 351 g/mol. The molecule has 1 heterocycles. The van der Waals surface area contributed by atoms with E-state index in [9.17, 15) is 4.79 Å². The molecule has 120 valence electrons. The van der Waals surface area contributed by atoms with Gasteiger partial charge >= 0.3 is 6.03 Å². The van der Waals surface area contributed by atoms with E-state index in [0.29, 0.717) is 22.3 Å². The van der Waals surface area contributed by atoms with E-state index in [1.807, 2.05) is 49.4 Å². The third-order valence-electron chi connectivity index (χ3n) is 3.69. The maximum absolute atomic E-state index is 12.6. The maximum atomic E-state index is 12.6. The molecule has 2 aromatic carbocycles. The molecule has 2 amide bonds. The second-order valence-electron chi connectivity index (χ2n) is 5.35. The van der Waals surface area contributed by atoms with Gasteiger partial charge in [0.1, 0.15) is 5.37 Å². The summed E-state index contributed by atoms with van der Waals surface area (Å²) in [6.07, 6.45) is 0. The zero-order valence-electron chi connectivity index (χ0n) is 12.6. The van der Waals surface area contributed by atoms with E-state index in [1.54, 1.807) is 16.7 Å². The van der Waals surface area contributed by atoms with Crippen molar-refractivity contribution in [1.82, 2.24) is 4.90 Å². The van der Waals surface area contributed by atoms with Crippen LogP contribution in [0.5, 0.6) is 0 Å². The molecule has 3 rings (SSSR count). The number of amides is 2. The Morgan fingerprint density at radius 2 is 2.00 bits per heavy atom. The van der Waals surface area contributed by atoms with Crippen LogP contribution in [0.25, 0.3) is 0 Å². The molecule has 0 bridgehead atoms. The molecule has 0 spiro atoms. The third-order valence-corrected chi connectivity index (χ3v) is 5.59. The number of carbonyl (C=O) groups excluding carboxylic acids is 1. The van der Waals surface area contributed by atoms with Crippen LogP contribution in [0, 0.1) is 6.92 Å². The van der Waals surface area contributed by atoms with Crippen LogP contribution < -0.4 is 5.32 Å². The van der Waals surface area contributed by atoms with Crippen LogP contribution >= 0.6 is 35.0 Å². The van der Waals surface area contributed by atoms with Gasteiger partial charge in [0.05, 0.1) is 10.7 Å². The fourth-order valence-corrected chi connectivity index (χ4v) is 4.40. The fraction of sp³-hybridized carbons (Fsp3) is 0.235. The number of benzene rings is 2. The summed E-state index contributed by atoms with van der Waals surface area (Å²) >= 11 is 14.2. The van der Waals surface area contributed by atoms with Gasteiger partial charge in [0.15, 0.2) is 0 Å². The Balaban J connectivity index is 1.80. The van der Waals surface area contributed by atoms with Gasteiger partial charge in [0, 0.05) is 22.9 Å². The average molecular weight is 367 g/mol. The predicted octanol–water partition coefficient (Wildman–Crippen LogP) is 5.58. The number of nitrogens with one attached hydrogen (secondary N) is 1. The highest BCUT2D eigenvalue weighted by molar-refractivity contribution is 7.99. The largest absolute Gasteiger partial charge is 0.323 e. The molecule has 2 aromatic rings. The lowest BCUT2D eigenvalue weighted by atomic mass is 10.2. The van der Waals surface area contributed by atoms with Gasteiger partial charge < -0.3 is 10.2 Å². The van der Waals surface area contributed by atoms with Gasteiger partial charge in [-0.1, -0.05) is 47.5 Å². The second-order valence-corrected chi connectivity index (χ2v) is 7.35. The van der Waals surface area contributed by atoms with Crippen molar-refractivity contribution in [2.45, 2.75) is 12.3 Å². The van der Waals surface area contributed by atoms with Crippen LogP contribution in [-0.4, -0.2) is 23.2 Å². The van der Waals surface area contributed by atoms with E-state index in [0.717, 1.165) is 16.9 Å². The van der Waals surface area contributed by atoms with Crippen LogP contribution in [0.2, 0.25) is 10.0 Å². The van der Waals surface area contributed by atoms with Gasteiger partial charge in [0.2, 0.25) is 0 Å². The first-order chi connectivity index (χ1) is 11.1. The lowest BCUT2D eigenvalue weighted by Gasteiger charge is -2.25. The Kier molecular flexibility index (Phi) is 5.05. The van der Waals surface area contributed by atoms with E-state index in [1.165, 1.54) is 0 Å². The molecule has 0 aromatic heterocycles. The van der Waals surface area contributed by atoms with Crippen molar-refractivity contribution in [2.24, 2.45) is 0 Å². The Bertz CT molecular complexity index is 738. The van der Waals surface area contributed by atoms with Crippen LogP contribution in [0.3, 0.4) is 0 Å². The first kappa shape index (κ1) is 16.5. The van der Waals surface area contributed by atoms with E-state index in [-0.39, 0.29) is 11.4 Å². The van der Waals surface area contributed by atoms with Gasteiger partial charge in [-0.2, -0.15) is 0 Å². The molecule has 1 aliphatic rings. The minimum Gasteiger partial charge on any atom is -0.308 e. The van der Waals surface area contributed by atoms with E-state index < -0.39 is 0 Å². The van der Waals surface area contributed by atoms with Crippen molar-refractivity contribution in [1.29, 1.82) is 0 Å². The van der Waals surface area contributed by atoms with Gasteiger partial charge in [-0.3, -0.25) is 0 Å². The number of nitrogens with zero attached hydrogens (tertiary/aromatic N) is 1. The number of rotatable bonds is 2. The van der Waals surface area contributed by atoms with Gasteiger partial charge in [-0.05, 0) is 30.7 Å². The summed E-state index contributed by atoms with van der Waals surface area (Å²) in [5, 5.41) is 4.04. The van der Waals surface area contributed by atoms with E-state index in [2.05, 4.69) is 5.32 Å². The Hall–Kier alpha value is -1.36. The molecule has 23 heavy (non-hydrogen) atoms. The van der Waals surface area contributed by atoms with Crippen molar-refractivity contribution in [2.75, 3.05) is 17.6 Å². The summed E-state index contributed by atoms with van der Waals surface area (Å²) in [5.41, 5.74) is 2.64. The lowest BCUT2D eigenvalue weighted by molar-refractivity contribution is 0.214. The van der Waals surface area contributed by atoms with E-state index in [4.69, 9.17) is 23.2 Å². The summed E-state index contributed by atoms with van der Waals surface area (Å²) in [5.74, 6) is 0.880. The minimum absolute atomic E-state index is 0.0760. The number of hydrogen-bond donors (Lipinski definition) is 1. The molecule has 1 aliphatic heterocycles. The van der Waals surface area contributed by atoms with Crippen LogP contribution in [0.4, 0.5) is 10.5 Å².